The maximum absolute atomic E-state index is 5.98. The number of hydrogen-bond acceptors (Lipinski definition) is 3. The van der Waals surface area contributed by atoms with Gasteiger partial charge in [-0.15, -0.1) is 11.3 Å². The topological polar surface area (TPSA) is 43.8 Å². The van der Waals surface area contributed by atoms with Crippen LogP contribution in [0.4, 0.5) is 5.82 Å². The van der Waals surface area contributed by atoms with Gasteiger partial charge in [-0.25, -0.2) is 0 Å². The lowest BCUT2D eigenvalue weighted by Gasteiger charge is -1.95. The van der Waals surface area contributed by atoms with Crippen molar-refractivity contribution >= 4 is 38.8 Å². The van der Waals surface area contributed by atoms with E-state index in [0.717, 1.165) is 21.0 Å². The minimum atomic E-state index is 0.540. The standard InChI is InChI=1S/C12H10ClN3S/c1-16-9(6-12(14)15-16)11-5-7-4-8(13)2-3-10(7)17-11/h2-6H,1H3,(H2,14,15). The van der Waals surface area contributed by atoms with Gasteiger partial charge in [0.1, 0.15) is 5.82 Å². The van der Waals surface area contributed by atoms with E-state index >= 15 is 0 Å². The van der Waals surface area contributed by atoms with E-state index in [1.54, 1.807) is 16.0 Å². The van der Waals surface area contributed by atoms with Crippen LogP contribution in [0.15, 0.2) is 30.3 Å². The van der Waals surface area contributed by atoms with Crippen LogP contribution in [0.25, 0.3) is 20.7 Å². The van der Waals surface area contributed by atoms with E-state index in [2.05, 4.69) is 11.2 Å². The Kier molecular flexibility index (Phi) is 2.34. The van der Waals surface area contributed by atoms with Crippen LogP contribution in [-0.2, 0) is 7.05 Å². The molecule has 0 atom stereocenters. The van der Waals surface area contributed by atoms with Gasteiger partial charge in [0.05, 0.1) is 10.6 Å². The van der Waals surface area contributed by atoms with Gasteiger partial charge >= 0.3 is 0 Å². The summed E-state index contributed by atoms with van der Waals surface area (Å²) in [5.74, 6) is 0.540. The number of halogens is 1. The molecule has 0 aliphatic rings. The van der Waals surface area contributed by atoms with E-state index in [4.69, 9.17) is 17.3 Å². The highest BCUT2D eigenvalue weighted by atomic mass is 35.5. The lowest BCUT2D eigenvalue weighted by Crippen LogP contribution is -1.93. The third kappa shape index (κ3) is 1.79. The molecule has 0 saturated heterocycles. The molecule has 3 nitrogen and oxygen atoms in total. The monoisotopic (exact) mass is 263 g/mol. The third-order valence-corrected chi connectivity index (χ3v) is 4.00. The summed E-state index contributed by atoms with van der Waals surface area (Å²) < 4.78 is 3.01. The second-order valence-corrected chi connectivity index (χ2v) is 5.39. The highest BCUT2D eigenvalue weighted by Crippen LogP contribution is 2.34. The summed E-state index contributed by atoms with van der Waals surface area (Å²) in [6, 6.07) is 9.90. The lowest BCUT2D eigenvalue weighted by molar-refractivity contribution is 0.782. The molecule has 0 unspecified atom stereocenters. The van der Waals surface area contributed by atoms with E-state index in [-0.39, 0.29) is 0 Å². The Bertz CT molecular complexity index is 699. The van der Waals surface area contributed by atoms with Gasteiger partial charge in [-0.3, -0.25) is 4.68 Å². The predicted molar refractivity (Wildman–Crippen MR) is 73.4 cm³/mol. The number of nitrogen functional groups attached to an aromatic ring is 1. The number of benzene rings is 1. The van der Waals surface area contributed by atoms with E-state index in [1.165, 1.54) is 4.70 Å². The second kappa shape index (κ2) is 3.75. The zero-order valence-electron chi connectivity index (χ0n) is 9.14. The molecule has 5 heteroatoms. The molecule has 17 heavy (non-hydrogen) atoms. The zero-order chi connectivity index (χ0) is 12.0. The summed E-state index contributed by atoms with van der Waals surface area (Å²) >= 11 is 7.69. The van der Waals surface area contributed by atoms with Crippen molar-refractivity contribution in [3.63, 3.8) is 0 Å². The van der Waals surface area contributed by atoms with Crippen molar-refractivity contribution < 1.29 is 0 Å². The average molecular weight is 264 g/mol. The Labute approximate surface area is 107 Å². The Morgan fingerprint density at radius 3 is 2.82 bits per heavy atom. The molecule has 0 fully saturated rings. The third-order valence-electron chi connectivity index (χ3n) is 2.63. The van der Waals surface area contributed by atoms with Crippen LogP contribution in [0.1, 0.15) is 0 Å². The van der Waals surface area contributed by atoms with Gasteiger partial charge < -0.3 is 5.73 Å². The maximum atomic E-state index is 5.98. The summed E-state index contributed by atoms with van der Waals surface area (Å²) in [5, 5.41) is 6.06. The highest BCUT2D eigenvalue weighted by Gasteiger charge is 2.09. The molecular formula is C12H10ClN3S. The van der Waals surface area contributed by atoms with E-state index in [0.29, 0.717) is 5.82 Å². The van der Waals surface area contributed by atoms with Crippen molar-refractivity contribution in [2.24, 2.45) is 7.05 Å². The fourth-order valence-corrected chi connectivity index (χ4v) is 3.13. The van der Waals surface area contributed by atoms with Crippen molar-refractivity contribution in [2.45, 2.75) is 0 Å². The molecule has 3 rings (SSSR count). The molecule has 2 N–H and O–H groups in total. The van der Waals surface area contributed by atoms with E-state index in [1.807, 2.05) is 31.3 Å². The van der Waals surface area contributed by atoms with Gasteiger partial charge in [-0.05, 0) is 29.7 Å². The van der Waals surface area contributed by atoms with Crippen LogP contribution in [0.3, 0.4) is 0 Å². The quantitative estimate of drug-likeness (QED) is 0.730. The van der Waals surface area contributed by atoms with Crippen molar-refractivity contribution in [1.82, 2.24) is 9.78 Å². The summed E-state index contributed by atoms with van der Waals surface area (Å²) in [6.45, 7) is 0. The van der Waals surface area contributed by atoms with Crippen LogP contribution < -0.4 is 5.73 Å². The Hall–Kier alpha value is -1.52. The van der Waals surface area contributed by atoms with Crippen molar-refractivity contribution in [3.05, 3.63) is 35.4 Å². The number of thiophene rings is 1. The second-order valence-electron chi connectivity index (χ2n) is 3.87. The molecule has 0 bridgehead atoms. The number of rotatable bonds is 1. The Balaban J connectivity index is 2.21. The fourth-order valence-electron chi connectivity index (χ4n) is 1.86. The molecule has 0 aliphatic carbocycles. The molecule has 2 heterocycles. The molecule has 0 aliphatic heterocycles. The Morgan fingerprint density at radius 1 is 1.29 bits per heavy atom. The first kappa shape index (κ1) is 10.6. The summed E-state index contributed by atoms with van der Waals surface area (Å²) in [7, 11) is 1.89. The SMILES string of the molecule is Cn1nc(N)cc1-c1cc2cc(Cl)ccc2s1. The minimum Gasteiger partial charge on any atom is -0.382 e. The summed E-state index contributed by atoms with van der Waals surface area (Å²) in [6.07, 6.45) is 0. The van der Waals surface area contributed by atoms with E-state index < -0.39 is 0 Å². The van der Waals surface area contributed by atoms with Crippen molar-refractivity contribution in [2.75, 3.05) is 5.73 Å². The minimum absolute atomic E-state index is 0.540. The zero-order valence-corrected chi connectivity index (χ0v) is 10.7. The predicted octanol–water partition coefficient (Wildman–Crippen LogP) is 3.54. The highest BCUT2D eigenvalue weighted by molar-refractivity contribution is 7.22. The number of fused-ring (bicyclic) bond motifs is 1. The van der Waals surface area contributed by atoms with Crippen molar-refractivity contribution in [1.29, 1.82) is 0 Å². The first-order valence-corrected chi connectivity index (χ1v) is 6.32. The molecule has 0 radical (unpaired) electrons. The largest absolute Gasteiger partial charge is 0.382 e. The average Bonchev–Trinajstić information content (AvgIpc) is 2.80. The van der Waals surface area contributed by atoms with E-state index in [9.17, 15) is 0 Å². The normalized spacial score (nSPS) is 11.2. The van der Waals surface area contributed by atoms with Crippen LogP contribution in [-0.4, -0.2) is 9.78 Å². The maximum Gasteiger partial charge on any atom is 0.146 e. The fraction of sp³-hybridized carbons (Fsp3) is 0.0833. The van der Waals surface area contributed by atoms with Crippen LogP contribution in [0.5, 0.6) is 0 Å². The molecule has 0 saturated carbocycles. The van der Waals surface area contributed by atoms with Gasteiger partial charge in [0.2, 0.25) is 0 Å². The van der Waals surface area contributed by atoms with Gasteiger partial charge in [-0.2, -0.15) is 5.10 Å². The molecule has 86 valence electrons. The summed E-state index contributed by atoms with van der Waals surface area (Å²) in [5.41, 5.74) is 6.71. The molecular weight excluding hydrogens is 254 g/mol. The number of anilines is 1. The van der Waals surface area contributed by atoms with Crippen LogP contribution in [0.2, 0.25) is 5.02 Å². The number of nitrogens with two attached hydrogens (primary N) is 1. The molecule has 3 aromatic rings. The van der Waals surface area contributed by atoms with Crippen LogP contribution >= 0.6 is 22.9 Å². The molecule has 2 aromatic heterocycles. The Morgan fingerprint density at radius 2 is 2.12 bits per heavy atom. The van der Waals surface area contributed by atoms with Gasteiger partial charge in [0.25, 0.3) is 0 Å². The van der Waals surface area contributed by atoms with Gasteiger partial charge in [0.15, 0.2) is 0 Å². The molecule has 0 amide bonds. The number of hydrogen-bond donors (Lipinski definition) is 1. The van der Waals surface area contributed by atoms with Crippen LogP contribution in [0, 0.1) is 0 Å². The number of aromatic nitrogens is 2. The lowest BCUT2D eigenvalue weighted by atomic mass is 10.2. The number of aryl methyl sites for hydroxylation is 1. The smallest absolute Gasteiger partial charge is 0.146 e. The first-order valence-electron chi connectivity index (χ1n) is 5.12. The van der Waals surface area contributed by atoms with Gasteiger partial charge in [0, 0.05) is 22.8 Å². The van der Waals surface area contributed by atoms with Crippen molar-refractivity contribution in [3.8, 4) is 10.6 Å². The van der Waals surface area contributed by atoms with Gasteiger partial charge in [-0.1, -0.05) is 11.6 Å². The first-order chi connectivity index (χ1) is 8.13. The molecule has 0 spiro atoms. The number of nitrogens with zero attached hydrogens (tertiary/aromatic N) is 2. The summed E-state index contributed by atoms with van der Waals surface area (Å²) in [4.78, 5) is 1.15. The molecule has 1 aromatic carbocycles.